The summed E-state index contributed by atoms with van der Waals surface area (Å²) in [5, 5.41) is 3.22. The number of benzene rings is 3. The summed E-state index contributed by atoms with van der Waals surface area (Å²) in [6.45, 7) is 7.99. The normalized spacial score (nSPS) is 17.7. The van der Waals surface area contributed by atoms with Gasteiger partial charge in [-0.2, -0.15) is 0 Å². The van der Waals surface area contributed by atoms with E-state index in [2.05, 4.69) is 10.2 Å². The Hall–Kier alpha value is -4.13. The third-order valence-electron chi connectivity index (χ3n) is 6.72. The summed E-state index contributed by atoms with van der Waals surface area (Å²) in [6.07, 6.45) is 0.223. The highest BCUT2D eigenvalue weighted by molar-refractivity contribution is 6.21. The summed E-state index contributed by atoms with van der Waals surface area (Å²) >= 11 is 0. The van der Waals surface area contributed by atoms with Crippen LogP contribution in [0.1, 0.15) is 37.5 Å². The highest BCUT2D eigenvalue weighted by Crippen LogP contribution is 2.35. The standard InChI is InChI=1S/C31H34N4O3/c1-31(2,3)38-30(37)35-19-17-34(18-20-35)26-16-10-15-24-27(23-13-8-5-9-14-23)32-25(29(36)33-28(24)26)21-22-11-6-4-7-12-22/h4-16,25H,17-21H2,1-3H3,(H,33,36)/t25-/m1/s1. The van der Waals surface area contributed by atoms with Crippen LogP contribution in [-0.2, 0) is 16.0 Å². The highest BCUT2D eigenvalue weighted by atomic mass is 16.6. The molecule has 0 saturated carbocycles. The predicted molar refractivity (Wildman–Crippen MR) is 151 cm³/mol. The molecule has 1 fully saturated rings. The van der Waals surface area contributed by atoms with Gasteiger partial charge in [0.05, 0.1) is 17.1 Å². The van der Waals surface area contributed by atoms with Crippen molar-refractivity contribution in [1.29, 1.82) is 0 Å². The molecule has 38 heavy (non-hydrogen) atoms. The van der Waals surface area contributed by atoms with Gasteiger partial charge in [-0.3, -0.25) is 9.79 Å². The largest absolute Gasteiger partial charge is 0.444 e. The van der Waals surface area contributed by atoms with Crippen molar-refractivity contribution in [2.75, 3.05) is 36.4 Å². The number of hydrogen-bond donors (Lipinski definition) is 1. The lowest BCUT2D eigenvalue weighted by molar-refractivity contribution is -0.117. The molecule has 5 rings (SSSR count). The molecule has 0 radical (unpaired) electrons. The average molecular weight is 511 g/mol. The number of aliphatic imine (C=N–C) groups is 1. The van der Waals surface area contributed by atoms with Crippen LogP contribution >= 0.6 is 0 Å². The van der Waals surface area contributed by atoms with Crippen LogP contribution in [0.4, 0.5) is 16.2 Å². The smallest absolute Gasteiger partial charge is 0.410 e. The van der Waals surface area contributed by atoms with E-state index in [4.69, 9.17) is 9.73 Å². The fourth-order valence-electron chi connectivity index (χ4n) is 4.88. The molecule has 2 heterocycles. The number of nitrogens with zero attached hydrogens (tertiary/aromatic N) is 3. The van der Waals surface area contributed by atoms with Gasteiger partial charge in [0.25, 0.3) is 0 Å². The van der Waals surface area contributed by atoms with Crippen LogP contribution in [0.3, 0.4) is 0 Å². The first kappa shape index (κ1) is 25.5. The lowest BCUT2D eigenvalue weighted by atomic mass is 9.99. The Morgan fingerprint density at radius 3 is 2.24 bits per heavy atom. The van der Waals surface area contributed by atoms with Gasteiger partial charge < -0.3 is 19.9 Å². The van der Waals surface area contributed by atoms with Crippen molar-refractivity contribution in [3.63, 3.8) is 0 Å². The second kappa shape index (κ2) is 10.7. The molecule has 7 heteroatoms. The second-order valence-electron chi connectivity index (χ2n) is 10.7. The van der Waals surface area contributed by atoms with Crippen LogP contribution in [0.2, 0.25) is 0 Å². The van der Waals surface area contributed by atoms with Gasteiger partial charge in [-0.25, -0.2) is 4.79 Å². The Morgan fingerprint density at radius 1 is 0.921 bits per heavy atom. The lowest BCUT2D eigenvalue weighted by Crippen LogP contribution is -2.50. The van der Waals surface area contributed by atoms with E-state index in [0.29, 0.717) is 32.6 Å². The second-order valence-corrected chi connectivity index (χ2v) is 10.7. The highest BCUT2D eigenvalue weighted by Gasteiger charge is 2.31. The zero-order valence-electron chi connectivity index (χ0n) is 22.2. The van der Waals surface area contributed by atoms with Gasteiger partial charge in [-0.15, -0.1) is 0 Å². The number of fused-ring (bicyclic) bond motifs is 1. The van der Waals surface area contributed by atoms with Gasteiger partial charge in [-0.1, -0.05) is 72.8 Å². The molecule has 1 atom stereocenters. The molecule has 0 spiro atoms. The number of piperazine rings is 1. The van der Waals surface area contributed by atoms with Gasteiger partial charge in [0.1, 0.15) is 11.6 Å². The van der Waals surface area contributed by atoms with Gasteiger partial charge in [-0.05, 0) is 32.4 Å². The number of carbonyl (C=O) groups excluding carboxylic acids is 2. The van der Waals surface area contributed by atoms with Crippen molar-refractivity contribution in [3.05, 3.63) is 95.6 Å². The number of ether oxygens (including phenoxy) is 1. The molecule has 3 aromatic rings. The Kier molecular flexibility index (Phi) is 7.18. The maximum atomic E-state index is 13.6. The number of carbonyl (C=O) groups is 2. The number of nitrogens with one attached hydrogen (secondary N) is 1. The molecule has 0 aromatic heterocycles. The molecule has 3 aromatic carbocycles. The predicted octanol–water partition coefficient (Wildman–Crippen LogP) is 5.14. The fourth-order valence-corrected chi connectivity index (χ4v) is 4.88. The van der Waals surface area contributed by atoms with Crippen molar-refractivity contribution in [2.24, 2.45) is 4.99 Å². The minimum Gasteiger partial charge on any atom is -0.444 e. The first-order valence-electron chi connectivity index (χ1n) is 13.1. The minimum absolute atomic E-state index is 0.124. The van der Waals surface area contributed by atoms with Crippen molar-refractivity contribution >= 4 is 29.1 Å². The summed E-state index contributed by atoms with van der Waals surface area (Å²) < 4.78 is 5.56. The van der Waals surface area contributed by atoms with Gasteiger partial charge >= 0.3 is 6.09 Å². The lowest BCUT2D eigenvalue weighted by Gasteiger charge is -2.37. The van der Waals surface area contributed by atoms with E-state index in [1.807, 2.05) is 99.6 Å². The molecule has 0 aliphatic carbocycles. The summed E-state index contributed by atoms with van der Waals surface area (Å²) in [7, 11) is 0. The van der Waals surface area contributed by atoms with E-state index < -0.39 is 11.6 Å². The van der Waals surface area contributed by atoms with Crippen molar-refractivity contribution < 1.29 is 14.3 Å². The Morgan fingerprint density at radius 2 is 1.58 bits per heavy atom. The number of anilines is 2. The summed E-state index contributed by atoms with van der Waals surface area (Å²) in [5.41, 5.74) is 4.90. The van der Waals surface area contributed by atoms with Gasteiger partial charge in [0, 0.05) is 43.7 Å². The molecule has 0 unspecified atom stereocenters. The van der Waals surface area contributed by atoms with Crippen LogP contribution in [0.15, 0.2) is 83.9 Å². The quantitative estimate of drug-likeness (QED) is 0.527. The zero-order valence-corrected chi connectivity index (χ0v) is 22.2. The summed E-state index contributed by atoms with van der Waals surface area (Å²) in [4.78, 5) is 35.1. The minimum atomic E-state index is -0.558. The number of rotatable bonds is 4. The number of benzodiazepines with no additional fused rings is 1. The maximum Gasteiger partial charge on any atom is 0.410 e. The number of hydrogen-bond acceptors (Lipinski definition) is 5. The topological polar surface area (TPSA) is 74.2 Å². The first-order valence-corrected chi connectivity index (χ1v) is 13.1. The molecular formula is C31H34N4O3. The summed E-state index contributed by atoms with van der Waals surface area (Å²) in [6, 6.07) is 25.5. The Bertz CT molecular complexity index is 1320. The third kappa shape index (κ3) is 5.72. The third-order valence-corrected chi connectivity index (χ3v) is 6.72. The van der Waals surface area contributed by atoms with Crippen LogP contribution in [0.25, 0.3) is 0 Å². The molecule has 2 aliphatic rings. The molecule has 0 bridgehead atoms. The average Bonchev–Trinajstić information content (AvgIpc) is 3.05. The maximum absolute atomic E-state index is 13.6. The van der Waals surface area contributed by atoms with Crippen molar-refractivity contribution in [1.82, 2.24) is 4.90 Å². The Labute approximate surface area is 224 Å². The Balaban J connectivity index is 1.45. The van der Waals surface area contributed by atoms with E-state index in [9.17, 15) is 9.59 Å². The van der Waals surface area contributed by atoms with E-state index in [-0.39, 0.29) is 12.0 Å². The first-order chi connectivity index (χ1) is 18.3. The van der Waals surface area contributed by atoms with Crippen LogP contribution in [0, 0.1) is 0 Å². The number of para-hydroxylation sites is 1. The molecular weight excluding hydrogens is 476 g/mol. The van der Waals surface area contributed by atoms with Crippen LogP contribution < -0.4 is 10.2 Å². The van der Waals surface area contributed by atoms with Crippen LogP contribution in [0.5, 0.6) is 0 Å². The molecule has 1 saturated heterocycles. The molecule has 2 amide bonds. The monoisotopic (exact) mass is 510 g/mol. The van der Waals surface area contributed by atoms with Gasteiger partial charge in [0.15, 0.2) is 0 Å². The van der Waals surface area contributed by atoms with Crippen molar-refractivity contribution in [3.8, 4) is 0 Å². The SMILES string of the molecule is CC(C)(C)OC(=O)N1CCN(c2cccc3c2NC(=O)[C@@H](Cc2ccccc2)N=C3c2ccccc2)CC1. The van der Waals surface area contributed by atoms with E-state index in [0.717, 1.165) is 33.8 Å². The van der Waals surface area contributed by atoms with Crippen molar-refractivity contribution in [2.45, 2.75) is 38.8 Å². The van der Waals surface area contributed by atoms with E-state index >= 15 is 0 Å². The summed E-state index contributed by atoms with van der Waals surface area (Å²) in [5.74, 6) is -0.124. The van der Waals surface area contributed by atoms with E-state index in [1.165, 1.54) is 0 Å². The number of amides is 2. The molecule has 196 valence electrons. The molecule has 1 N–H and O–H groups in total. The fraction of sp³-hybridized carbons (Fsp3) is 0.323. The van der Waals surface area contributed by atoms with Crippen LogP contribution in [-0.4, -0.2) is 60.4 Å². The van der Waals surface area contributed by atoms with E-state index in [1.54, 1.807) is 4.90 Å². The van der Waals surface area contributed by atoms with Gasteiger partial charge in [0.2, 0.25) is 5.91 Å². The zero-order chi connectivity index (χ0) is 26.7. The molecule has 7 nitrogen and oxygen atoms in total. The molecule has 2 aliphatic heterocycles.